The highest BCUT2D eigenvalue weighted by Gasteiger charge is 2.14. The highest BCUT2D eigenvalue weighted by atomic mass is 16.5. The molecule has 0 aromatic heterocycles. The summed E-state index contributed by atoms with van der Waals surface area (Å²) in [4.78, 5) is 4.58. The molecule has 5 heteroatoms. The Bertz CT molecular complexity index is 279. The van der Waals surface area contributed by atoms with E-state index in [0.29, 0.717) is 6.10 Å². The van der Waals surface area contributed by atoms with Crippen molar-refractivity contribution in [1.29, 1.82) is 0 Å². The van der Waals surface area contributed by atoms with Crippen LogP contribution in [-0.2, 0) is 9.47 Å². The molecule has 1 heterocycles. The number of unbranched alkanes of at least 4 members (excludes halogenated alkanes) is 3. The van der Waals surface area contributed by atoms with Crippen LogP contribution in [0.5, 0.6) is 0 Å². The highest BCUT2D eigenvalue weighted by Crippen LogP contribution is 2.11. The summed E-state index contributed by atoms with van der Waals surface area (Å²) in [5, 5.41) is 6.68. The Morgan fingerprint density at radius 1 is 1.18 bits per heavy atom. The molecule has 0 amide bonds. The minimum Gasteiger partial charge on any atom is -0.379 e. The zero-order chi connectivity index (χ0) is 15.9. The number of rotatable bonds is 12. The van der Waals surface area contributed by atoms with E-state index in [4.69, 9.17) is 9.47 Å². The Hall–Kier alpha value is -0.810. The number of aliphatic imine (C=N–C) groups is 1. The van der Waals surface area contributed by atoms with E-state index in [-0.39, 0.29) is 0 Å². The fourth-order valence-corrected chi connectivity index (χ4v) is 2.45. The average Bonchev–Trinajstić information content (AvgIpc) is 3.03. The Balaban J connectivity index is 2.02. The van der Waals surface area contributed by atoms with Crippen LogP contribution in [0.4, 0.5) is 0 Å². The molecule has 0 bridgehead atoms. The lowest BCUT2D eigenvalue weighted by Gasteiger charge is -2.11. The first-order chi connectivity index (χ1) is 10.9. The minimum atomic E-state index is 0.325. The standard InChI is InChI=1S/C17H35N3O2/c1-3-5-6-7-11-19-17(18-4-2)20-12-9-13-21-15-16-10-8-14-22-16/h16H,3-15H2,1-2H3,(H2,18,19,20). The van der Waals surface area contributed by atoms with Gasteiger partial charge in [0.2, 0.25) is 0 Å². The molecule has 0 aliphatic carbocycles. The van der Waals surface area contributed by atoms with E-state index in [0.717, 1.165) is 58.3 Å². The van der Waals surface area contributed by atoms with Gasteiger partial charge in [0.1, 0.15) is 0 Å². The van der Waals surface area contributed by atoms with Crippen LogP contribution in [0.25, 0.3) is 0 Å². The van der Waals surface area contributed by atoms with Crippen LogP contribution in [-0.4, -0.2) is 51.5 Å². The predicted octanol–water partition coefficient (Wildman–Crippen LogP) is 2.71. The first-order valence-electron chi connectivity index (χ1n) is 9.08. The van der Waals surface area contributed by atoms with Crippen LogP contribution < -0.4 is 10.6 Å². The quantitative estimate of drug-likeness (QED) is 0.330. The van der Waals surface area contributed by atoms with Crippen molar-refractivity contribution in [2.24, 2.45) is 4.99 Å². The predicted molar refractivity (Wildman–Crippen MR) is 92.5 cm³/mol. The van der Waals surface area contributed by atoms with Crippen molar-refractivity contribution < 1.29 is 9.47 Å². The van der Waals surface area contributed by atoms with Crippen LogP contribution >= 0.6 is 0 Å². The Labute approximate surface area is 136 Å². The third-order valence-corrected chi connectivity index (χ3v) is 3.71. The molecule has 0 radical (unpaired) electrons. The molecule has 0 saturated carbocycles. The lowest BCUT2D eigenvalue weighted by atomic mass is 10.2. The molecule has 5 nitrogen and oxygen atoms in total. The van der Waals surface area contributed by atoms with Crippen LogP contribution in [0.15, 0.2) is 4.99 Å². The largest absolute Gasteiger partial charge is 0.379 e. The van der Waals surface area contributed by atoms with Gasteiger partial charge in [-0.05, 0) is 32.6 Å². The fourth-order valence-electron chi connectivity index (χ4n) is 2.45. The van der Waals surface area contributed by atoms with Crippen molar-refractivity contribution >= 4 is 5.96 Å². The zero-order valence-corrected chi connectivity index (χ0v) is 14.5. The maximum atomic E-state index is 5.65. The maximum absolute atomic E-state index is 5.65. The molecule has 0 aromatic rings. The molecule has 1 unspecified atom stereocenters. The van der Waals surface area contributed by atoms with Crippen LogP contribution in [0.3, 0.4) is 0 Å². The first-order valence-corrected chi connectivity index (χ1v) is 9.08. The van der Waals surface area contributed by atoms with Crippen LogP contribution in [0.2, 0.25) is 0 Å². The van der Waals surface area contributed by atoms with E-state index < -0.39 is 0 Å². The molecule has 1 aliphatic rings. The molecule has 1 fully saturated rings. The number of nitrogens with zero attached hydrogens (tertiary/aromatic N) is 1. The molecular weight excluding hydrogens is 278 g/mol. The van der Waals surface area contributed by atoms with Gasteiger partial charge in [-0.15, -0.1) is 0 Å². The summed E-state index contributed by atoms with van der Waals surface area (Å²) in [6.07, 6.45) is 8.70. The van der Waals surface area contributed by atoms with Gasteiger partial charge in [0.25, 0.3) is 0 Å². The van der Waals surface area contributed by atoms with Crippen LogP contribution in [0, 0.1) is 0 Å². The third kappa shape index (κ3) is 10.0. The number of guanidine groups is 1. The summed E-state index contributed by atoms with van der Waals surface area (Å²) in [6, 6.07) is 0. The topological polar surface area (TPSA) is 54.9 Å². The van der Waals surface area contributed by atoms with Gasteiger partial charge in [-0.25, -0.2) is 0 Å². The molecule has 0 spiro atoms. The maximum Gasteiger partial charge on any atom is 0.191 e. The van der Waals surface area contributed by atoms with E-state index in [1.807, 2.05) is 0 Å². The van der Waals surface area contributed by atoms with E-state index in [1.165, 1.54) is 32.1 Å². The van der Waals surface area contributed by atoms with Gasteiger partial charge < -0.3 is 20.1 Å². The Morgan fingerprint density at radius 2 is 2.09 bits per heavy atom. The smallest absolute Gasteiger partial charge is 0.191 e. The lowest BCUT2D eigenvalue weighted by Crippen LogP contribution is -2.37. The highest BCUT2D eigenvalue weighted by molar-refractivity contribution is 5.79. The fraction of sp³-hybridized carbons (Fsp3) is 0.941. The monoisotopic (exact) mass is 313 g/mol. The summed E-state index contributed by atoms with van der Waals surface area (Å²) in [5.41, 5.74) is 0. The summed E-state index contributed by atoms with van der Waals surface area (Å²) in [7, 11) is 0. The number of ether oxygens (including phenoxy) is 2. The second-order valence-electron chi connectivity index (χ2n) is 5.81. The minimum absolute atomic E-state index is 0.325. The van der Waals surface area contributed by atoms with E-state index >= 15 is 0 Å². The molecule has 1 atom stereocenters. The summed E-state index contributed by atoms with van der Waals surface area (Å²) in [6.45, 7) is 9.43. The molecule has 2 N–H and O–H groups in total. The second kappa shape index (κ2) is 13.8. The molecule has 0 aromatic carbocycles. The number of hydrogen-bond donors (Lipinski definition) is 2. The van der Waals surface area contributed by atoms with Gasteiger partial charge in [-0.3, -0.25) is 4.99 Å². The summed E-state index contributed by atoms with van der Waals surface area (Å²) < 4.78 is 11.2. The average molecular weight is 313 g/mol. The van der Waals surface area contributed by atoms with E-state index in [1.54, 1.807) is 0 Å². The van der Waals surface area contributed by atoms with E-state index in [9.17, 15) is 0 Å². The Kier molecular flexibility index (Phi) is 12.1. The third-order valence-electron chi connectivity index (χ3n) is 3.71. The molecule has 130 valence electrons. The molecule has 1 rings (SSSR count). The van der Waals surface area contributed by atoms with Gasteiger partial charge in [0.15, 0.2) is 5.96 Å². The van der Waals surface area contributed by atoms with Crippen molar-refractivity contribution in [3.8, 4) is 0 Å². The summed E-state index contributed by atoms with van der Waals surface area (Å²) in [5.74, 6) is 0.929. The molecular formula is C17H35N3O2. The van der Waals surface area contributed by atoms with Crippen molar-refractivity contribution in [3.05, 3.63) is 0 Å². The lowest BCUT2D eigenvalue weighted by molar-refractivity contribution is 0.0171. The van der Waals surface area contributed by atoms with Crippen molar-refractivity contribution in [3.63, 3.8) is 0 Å². The molecule has 1 aliphatic heterocycles. The molecule has 1 saturated heterocycles. The number of nitrogens with one attached hydrogen (secondary N) is 2. The van der Waals surface area contributed by atoms with Gasteiger partial charge in [-0.1, -0.05) is 26.2 Å². The molecule has 22 heavy (non-hydrogen) atoms. The van der Waals surface area contributed by atoms with Crippen LogP contribution in [0.1, 0.15) is 58.8 Å². The summed E-state index contributed by atoms with van der Waals surface area (Å²) >= 11 is 0. The zero-order valence-electron chi connectivity index (χ0n) is 14.5. The normalized spacial score (nSPS) is 18.6. The van der Waals surface area contributed by atoms with Crippen molar-refractivity contribution in [1.82, 2.24) is 10.6 Å². The SMILES string of the molecule is CCCCCCNC(=NCCCOCC1CCCO1)NCC. The van der Waals surface area contributed by atoms with Gasteiger partial charge in [0, 0.05) is 32.8 Å². The van der Waals surface area contributed by atoms with Crippen molar-refractivity contribution in [2.75, 3.05) is 39.5 Å². The van der Waals surface area contributed by atoms with Gasteiger partial charge in [-0.2, -0.15) is 0 Å². The van der Waals surface area contributed by atoms with Gasteiger partial charge in [0.05, 0.1) is 12.7 Å². The second-order valence-corrected chi connectivity index (χ2v) is 5.81. The number of hydrogen-bond acceptors (Lipinski definition) is 3. The first kappa shape index (κ1) is 19.2. The van der Waals surface area contributed by atoms with E-state index in [2.05, 4.69) is 29.5 Å². The Morgan fingerprint density at radius 3 is 2.82 bits per heavy atom. The van der Waals surface area contributed by atoms with Crippen molar-refractivity contribution in [2.45, 2.75) is 64.9 Å². The van der Waals surface area contributed by atoms with Gasteiger partial charge >= 0.3 is 0 Å².